The van der Waals surface area contributed by atoms with Crippen molar-refractivity contribution in [3.05, 3.63) is 47.5 Å². The van der Waals surface area contributed by atoms with Gasteiger partial charge in [0.05, 0.1) is 6.61 Å². The summed E-state index contributed by atoms with van der Waals surface area (Å²) in [6.07, 6.45) is 2.24. The molecule has 0 aromatic heterocycles. The van der Waals surface area contributed by atoms with Crippen LogP contribution in [0.5, 0.6) is 0 Å². The topological polar surface area (TPSA) is 20.2 Å². The van der Waals surface area contributed by atoms with Crippen LogP contribution in [0.2, 0.25) is 0 Å². The molecule has 0 aliphatic heterocycles. The number of hydrogen-bond acceptors (Lipinski definition) is 1. The summed E-state index contributed by atoms with van der Waals surface area (Å²) in [6.45, 7) is 2.40. The first-order chi connectivity index (χ1) is 7.75. The Kier molecular flexibility index (Phi) is 2.05. The highest BCUT2D eigenvalue weighted by atomic mass is 16.3. The highest BCUT2D eigenvalue weighted by Gasteiger charge is 2.44. The van der Waals surface area contributed by atoms with Gasteiger partial charge in [-0.25, -0.2) is 0 Å². The third kappa shape index (κ3) is 1.35. The van der Waals surface area contributed by atoms with E-state index in [0.29, 0.717) is 0 Å². The first-order valence-corrected chi connectivity index (χ1v) is 5.86. The quantitative estimate of drug-likeness (QED) is 0.810. The molecule has 0 amide bonds. The zero-order valence-corrected chi connectivity index (χ0v) is 9.53. The second-order valence-corrected chi connectivity index (χ2v) is 4.97. The van der Waals surface area contributed by atoms with E-state index in [1.54, 1.807) is 0 Å². The number of hydrogen-bond donors (Lipinski definition) is 1. The molecule has 0 atom stereocenters. The Hall–Kier alpha value is -1.34. The zero-order chi connectivity index (χ0) is 11.2. The van der Waals surface area contributed by atoms with Crippen LogP contribution in [0, 0.1) is 6.92 Å². The first-order valence-electron chi connectivity index (χ1n) is 5.86. The van der Waals surface area contributed by atoms with Gasteiger partial charge >= 0.3 is 0 Å². The van der Waals surface area contributed by atoms with E-state index >= 15 is 0 Å². The molecule has 16 heavy (non-hydrogen) atoms. The van der Waals surface area contributed by atoms with Gasteiger partial charge in [0.1, 0.15) is 0 Å². The molecule has 1 N–H and O–H groups in total. The van der Waals surface area contributed by atoms with Crippen molar-refractivity contribution < 1.29 is 5.11 Å². The molecule has 0 spiro atoms. The molecule has 1 heteroatoms. The largest absolute Gasteiger partial charge is 0.395 e. The fourth-order valence-electron chi connectivity index (χ4n) is 2.51. The molecule has 2 aromatic carbocycles. The molecular weight excluding hydrogens is 196 g/mol. The lowest BCUT2D eigenvalue weighted by Crippen LogP contribution is -2.12. The molecule has 2 aromatic rings. The molecule has 0 heterocycles. The van der Waals surface area contributed by atoms with Crippen LogP contribution in [0.25, 0.3) is 10.8 Å². The molecule has 1 saturated carbocycles. The SMILES string of the molecule is Cc1ccc2cccc(C3(CO)CC3)c2c1. The maximum Gasteiger partial charge on any atom is 0.0528 e. The van der Waals surface area contributed by atoms with Gasteiger partial charge in [0.15, 0.2) is 0 Å². The summed E-state index contributed by atoms with van der Waals surface area (Å²) in [6, 6.07) is 13.0. The molecule has 0 bridgehead atoms. The average Bonchev–Trinajstić information content (AvgIpc) is 3.09. The van der Waals surface area contributed by atoms with Gasteiger partial charge in [-0.15, -0.1) is 0 Å². The van der Waals surface area contributed by atoms with Gasteiger partial charge in [0.25, 0.3) is 0 Å². The number of aryl methyl sites for hydroxylation is 1. The van der Waals surface area contributed by atoms with Crippen LogP contribution in [-0.2, 0) is 5.41 Å². The second-order valence-electron chi connectivity index (χ2n) is 4.97. The van der Waals surface area contributed by atoms with Crippen molar-refractivity contribution in [1.82, 2.24) is 0 Å². The molecule has 3 rings (SSSR count). The molecule has 0 saturated heterocycles. The van der Waals surface area contributed by atoms with E-state index in [1.165, 1.54) is 21.9 Å². The molecule has 0 radical (unpaired) electrons. The normalized spacial score (nSPS) is 17.6. The Morgan fingerprint density at radius 1 is 1.19 bits per heavy atom. The van der Waals surface area contributed by atoms with E-state index in [-0.39, 0.29) is 12.0 Å². The second kappa shape index (κ2) is 3.33. The van der Waals surface area contributed by atoms with Crippen LogP contribution >= 0.6 is 0 Å². The summed E-state index contributed by atoms with van der Waals surface area (Å²) >= 11 is 0. The van der Waals surface area contributed by atoms with Crippen LogP contribution in [0.3, 0.4) is 0 Å². The van der Waals surface area contributed by atoms with Gasteiger partial charge in [-0.2, -0.15) is 0 Å². The summed E-state index contributed by atoms with van der Waals surface area (Å²) in [4.78, 5) is 0. The predicted molar refractivity (Wildman–Crippen MR) is 66.7 cm³/mol. The minimum atomic E-state index is 0.0628. The third-order valence-corrected chi connectivity index (χ3v) is 3.77. The van der Waals surface area contributed by atoms with Gasteiger partial charge in [0.2, 0.25) is 0 Å². The Morgan fingerprint density at radius 3 is 2.69 bits per heavy atom. The standard InChI is InChI=1S/C15H16O/c1-11-5-6-12-3-2-4-14(13(12)9-11)15(10-16)7-8-15/h2-6,9,16H,7-8,10H2,1H3. The fraction of sp³-hybridized carbons (Fsp3) is 0.333. The molecular formula is C15H16O. The van der Waals surface area contributed by atoms with Crippen molar-refractivity contribution in [2.75, 3.05) is 6.61 Å². The van der Waals surface area contributed by atoms with Gasteiger partial charge < -0.3 is 5.11 Å². The smallest absolute Gasteiger partial charge is 0.0528 e. The Labute approximate surface area is 95.7 Å². The van der Waals surface area contributed by atoms with E-state index in [0.717, 1.165) is 12.8 Å². The lowest BCUT2D eigenvalue weighted by atomic mass is 9.91. The summed E-state index contributed by atoms with van der Waals surface area (Å²) in [5, 5.41) is 12.1. The van der Waals surface area contributed by atoms with E-state index in [1.807, 2.05) is 0 Å². The van der Waals surface area contributed by atoms with Crippen molar-refractivity contribution in [2.45, 2.75) is 25.2 Å². The fourth-order valence-corrected chi connectivity index (χ4v) is 2.51. The maximum atomic E-state index is 9.54. The van der Waals surface area contributed by atoms with Crippen LogP contribution in [-0.4, -0.2) is 11.7 Å². The summed E-state index contributed by atoms with van der Waals surface area (Å²) in [5.41, 5.74) is 2.68. The van der Waals surface area contributed by atoms with Crippen molar-refractivity contribution in [3.63, 3.8) is 0 Å². The van der Waals surface area contributed by atoms with Crippen LogP contribution in [0.4, 0.5) is 0 Å². The van der Waals surface area contributed by atoms with Crippen molar-refractivity contribution in [3.8, 4) is 0 Å². The van der Waals surface area contributed by atoms with Crippen LogP contribution < -0.4 is 0 Å². The number of benzene rings is 2. The molecule has 1 aliphatic carbocycles. The summed E-state index contributed by atoms with van der Waals surface area (Å²) in [5.74, 6) is 0. The maximum absolute atomic E-state index is 9.54. The summed E-state index contributed by atoms with van der Waals surface area (Å²) < 4.78 is 0. The van der Waals surface area contributed by atoms with Crippen molar-refractivity contribution in [1.29, 1.82) is 0 Å². The van der Waals surface area contributed by atoms with E-state index in [9.17, 15) is 5.11 Å². The van der Waals surface area contributed by atoms with Crippen molar-refractivity contribution in [2.24, 2.45) is 0 Å². The summed E-state index contributed by atoms with van der Waals surface area (Å²) in [7, 11) is 0. The minimum absolute atomic E-state index is 0.0628. The Bertz CT molecular complexity index is 538. The molecule has 1 nitrogen and oxygen atoms in total. The highest BCUT2D eigenvalue weighted by molar-refractivity contribution is 5.87. The molecule has 1 fully saturated rings. The third-order valence-electron chi connectivity index (χ3n) is 3.77. The number of aliphatic hydroxyl groups is 1. The lowest BCUT2D eigenvalue weighted by Gasteiger charge is -2.15. The lowest BCUT2D eigenvalue weighted by molar-refractivity contribution is 0.256. The Balaban J connectivity index is 2.28. The minimum Gasteiger partial charge on any atom is -0.395 e. The van der Waals surface area contributed by atoms with E-state index in [4.69, 9.17) is 0 Å². The number of aliphatic hydroxyl groups excluding tert-OH is 1. The highest BCUT2D eigenvalue weighted by Crippen LogP contribution is 2.49. The van der Waals surface area contributed by atoms with Gasteiger partial charge in [-0.1, -0.05) is 42.0 Å². The van der Waals surface area contributed by atoms with Crippen molar-refractivity contribution >= 4 is 10.8 Å². The number of rotatable bonds is 2. The van der Waals surface area contributed by atoms with Crippen LogP contribution in [0.1, 0.15) is 24.0 Å². The predicted octanol–water partition coefficient (Wildman–Crippen LogP) is 3.17. The number of fused-ring (bicyclic) bond motifs is 1. The first kappa shape index (κ1) is 9.86. The average molecular weight is 212 g/mol. The van der Waals surface area contributed by atoms with Gasteiger partial charge in [-0.05, 0) is 36.1 Å². The van der Waals surface area contributed by atoms with E-state index in [2.05, 4.69) is 43.3 Å². The Morgan fingerprint density at radius 2 is 2.00 bits per heavy atom. The van der Waals surface area contributed by atoms with Gasteiger partial charge in [0, 0.05) is 5.41 Å². The molecule has 1 aliphatic rings. The van der Waals surface area contributed by atoms with E-state index < -0.39 is 0 Å². The monoisotopic (exact) mass is 212 g/mol. The molecule has 82 valence electrons. The molecule has 0 unspecified atom stereocenters. The van der Waals surface area contributed by atoms with Crippen LogP contribution in [0.15, 0.2) is 36.4 Å². The van der Waals surface area contributed by atoms with Gasteiger partial charge in [-0.3, -0.25) is 0 Å². The zero-order valence-electron chi connectivity index (χ0n) is 9.53.